The number of fused-ring (bicyclic) bond motifs is 2. The SMILES string of the molecule is CCOc1cc(-c2ccc(N3CCC(C)(CN4CCN(C(=O)CCN5CCC(c6ccc7c(c6)C(=O)N(C6CCC(=O)NC6=O)C7)CC5)CC4)CC3)nc2)c2c(C#N)cnn2c1. The number of nitrogens with one attached hydrogen (secondary N) is 1. The highest BCUT2D eigenvalue weighted by Gasteiger charge is 2.40. The molecule has 0 bridgehead atoms. The number of likely N-dealkylation sites (tertiary alicyclic amines) is 1. The first-order valence-electron chi connectivity index (χ1n) is 22.3. The van der Waals surface area contributed by atoms with Crippen molar-refractivity contribution in [3.8, 4) is 22.9 Å². The summed E-state index contributed by atoms with van der Waals surface area (Å²) < 4.78 is 7.49. The molecular weight excluding hydrogens is 785 g/mol. The Morgan fingerprint density at radius 3 is 2.44 bits per heavy atom. The standard InChI is InChI=1S/C47H56N10O5/c1-3-62-37-25-38(44-36(26-48)28-50-57(44)30-37)34-6-8-41(49-27-34)54-18-13-47(2,14-19-54)31-53-20-22-55(23-21-53)43(59)12-17-52-15-10-32(11-16-52)33-4-5-35-29-56(46(61)39(35)24-33)40-7-9-42(58)51-45(40)60/h4-6,8,24-25,27-28,30,32,40H,3,7,9-23,29,31H2,1-2H3,(H,51,58,60). The molecule has 4 saturated heterocycles. The van der Waals surface area contributed by atoms with Crippen LogP contribution >= 0.6 is 0 Å². The molecule has 62 heavy (non-hydrogen) atoms. The predicted octanol–water partition coefficient (Wildman–Crippen LogP) is 4.45. The van der Waals surface area contributed by atoms with Gasteiger partial charge in [0.2, 0.25) is 17.7 Å². The Hall–Kier alpha value is -5.85. The van der Waals surface area contributed by atoms with Crippen LogP contribution < -0.4 is 15.0 Å². The van der Waals surface area contributed by atoms with E-state index in [9.17, 15) is 24.4 Å². The number of nitrogens with zero attached hydrogens (tertiary/aromatic N) is 9. The number of amides is 4. The maximum absolute atomic E-state index is 13.4. The van der Waals surface area contributed by atoms with Gasteiger partial charge in [-0.15, -0.1) is 0 Å². The molecule has 4 aromatic rings. The molecule has 4 amide bonds. The van der Waals surface area contributed by atoms with Crippen molar-refractivity contribution in [2.45, 2.75) is 77.3 Å². The zero-order valence-corrected chi connectivity index (χ0v) is 35.9. The van der Waals surface area contributed by atoms with E-state index in [2.05, 4.69) is 61.2 Å². The van der Waals surface area contributed by atoms with E-state index >= 15 is 0 Å². The fourth-order valence-electron chi connectivity index (χ4n) is 10.2. The second-order valence-electron chi connectivity index (χ2n) is 18.0. The van der Waals surface area contributed by atoms with Crippen LogP contribution in [0, 0.1) is 16.7 Å². The molecule has 0 aliphatic carbocycles. The number of nitriles is 1. The van der Waals surface area contributed by atoms with Crippen LogP contribution in [0.1, 0.15) is 91.8 Å². The lowest BCUT2D eigenvalue weighted by Crippen LogP contribution is -2.53. The third-order valence-electron chi connectivity index (χ3n) is 14.0. The van der Waals surface area contributed by atoms with Crippen molar-refractivity contribution < 1.29 is 23.9 Å². The average Bonchev–Trinajstić information content (AvgIpc) is 3.86. The minimum atomic E-state index is -0.602. The lowest BCUT2D eigenvalue weighted by atomic mass is 9.79. The lowest BCUT2D eigenvalue weighted by molar-refractivity contribution is -0.137. The topological polar surface area (TPSA) is 160 Å². The van der Waals surface area contributed by atoms with E-state index in [0.717, 1.165) is 125 Å². The van der Waals surface area contributed by atoms with E-state index in [1.54, 1.807) is 21.8 Å². The minimum Gasteiger partial charge on any atom is -0.492 e. The van der Waals surface area contributed by atoms with Crippen LogP contribution in [0.15, 0.2) is 55.0 Å². The van der Waals surface area contributed by atoms with E-state index in [4.69, 9.17) is 9.72 Å². The number of ether oxygens (including phenoxy) is 1. The first-order valence-corrected chi connectivity index (χ1v) is 22.3. The fourth-order valence-corrected chi connectivity index (χ4v) is 10.2. The molecule has 0 radical (unpaired) electrons. The predicted molar refractivity (Wildman–Crippen MR) is 232 cm³/mol. The molecule has 8 heterocycles. The van der Waals surface area contributed by atoms with Gasteiger partial charge in [-0.1, -0.05) is 19.1 Å². The van der Waals surface area contributed by atoms with Gasteiger partial charge in [-0.25, -0.2) is 9.50 Å². The Morgan fingerprint density at radius 1 is 0.935 bits per heavy atom. The van der Waals surface area contributed by atoms with Gasteiger partial charge < -0.3 is 24.3 Å². The molecule has 15 heteroatoms. The highest BCUT2D eigenvalue weighted by atomic mass is 16.5. The monoisotopic (exact) mass is 840 g/mol. The van der Waals surface area contributed by atoms with Crippen molar-refractivity contribution in [1.82, 2.24) is 39.5 Å². The fraction of sp³-hybridized carbons (Fsp3) is 0.511. The molecule has 0 saturated carbocycles. The van der Waals surface area contributed by atoms with Crippen molar-refractivity contribution in [3.05, 3.63) is 77.2 Å². The lowest BCUT2D eigenvalue weighted by Gasteiger charge is -2.44. The largest absolute Gasteiger partial charge is 0.492 e. The summed E-state index contributed by atoms with van der Waals surface area (Å²) in [5, 5.41) is 16.5. The summed E-state index contributed by atoms with van der Waals surface area (Å²) in [6, 6.07) is 13.9. The number of rotatable bonds is 11. The van der Waals surface area contributed by atoms with Gasteiger partial charge in [0.25, 0.3) is 5.91 Å². The first kappa shape index (κ1) is 41.5. The highest BCUT2D eigenvalue weighted by Crippen LogP contribution is 2.37. The molecule has 5 aliphatic heterocycles. The van der Waals surface area contributed by atoms with Gasteiger partial charge in [0.1, 0.15) is 23.7 Å². The number of benzene rings is 1. The number of piperidine rings is 3. The Kier molecular flexibility index (Phi) is 11.7. The van der Waals surface area contributed by atoms with Crippen LogP contribution in [0.5, 0.6) is 5.75 Å². The van der Waals surface area contributed by atoms with E-state index in [1.807, 2.05) is 31.3 Å². The van der Waals surface area contributed by atoms with Crippen molar-refractivity contribution in [2.75, 3.05) is 77.0 Å². The number of carbonyl (C=O) groups excluding carboxylic acids is 4. The molecule has 15 nitrogen and oxygen atoms in total. The van der Waals surface area contributed by atoms with Gasteiger partial charge in [-0.2, -0.15) is 10.4 Å². The minimum absolute atomic E-state index is 0.128. The molecule has 9 rings (SSSR count). The zero-order chi connectivity index (χ0) is 43.0. The van der Waals surface area contributed by atoms with Gasteiger partial charge in [-0.05, 0) is 98.8 Å². The maximum Gasteiger partial charge on any atom is 0.255 e. The highest BCUT2D eigenvalue weighted by molar-refractivity contribution is 6.05. The summed E-state index contributed by atoms with van der Waals surface area (Å²) in [7, 11) is 0. The van der Waals surface area contributed by atoms with Gasteiger partial charge in [0, 0.05) is 94.6 Å². The summed E-state index contributed by atoms with van der Waals surface area (Å²) in [4.78, 5) is 66.7. The molecule has 1 unspecified atom stereocenters. The van der Waals surface area contributed by atoms with Crippen molar-refractivity contribution in [2.24, 2.45) is 5.41 Å². The Labute approximate surface area is 362 Å². The normalized spacial score (nSPS) is 21.3. The van der Waals surface area contributed by atoms with Crippen LogP contribution in [0.2, 0.25) is 0 Å². The molecule has 324 valence electrons. The second-order valence-corrected chi connectivity index (χ2v) is 18.0. The van der Waals surface area contributed by atoms with Crippen molar-refractivity contribution in [1.29, 1.82) is 5.26 Å². The van der Waals surface area contributed by atoms with Crippen LogP contribution in [-0.4, -0.2) is 136 Å². The summed E-state index contributed by atoms with van der Waals surface area (Å²) in [5.41, 5.74) is 6.00. The number of hydrogen-bond donors (Lipinski definition) is 1. The zero-order valence-electron chi connectivity index (χ0n) is 35.9. The van der Waals surface area contributed by atoms with Crippen molar-refractivity contribution in [3.63, 3.8) is 0 Å². The van der Waals surface area contributed by atoms with Gasteiger partial charge in [0.15, 0.2) is 0 Å². The molecule has 4 fully saturated rings. The molecule has 3 aromatic heterocycles. The maximum atomic E-state index is 13.4. The van der Waals surface area contributed by atoms with Crippen LogP contribution in [-0.2, 0) is 20.9 Å². The summed E-state index contributed by atoms with van der Waals surface area (Å²) in [6.45, 7) is 14.1. The smallest absolute Gasteiger partial charge is 0.255 e. The summed E-state index contributed by atoms with van der Waals surface area (Å²) >= 11 is 0. The van der Waals surface area contributed by atoms with Crippen LogP contribution in [0.3, 0.4) is 0 Å². The first-order chi connectivity index (χ1) is 30.1. The Balaban J connectivity index is 0.699. The van der Waals surface area contributed by atoms with E-state index in [1.165, 1.54) is 0 Å². The quantitative estimate of drug-likeness (QED) is 0.213. The van der Waals surface area contributed by atoms with Gasteiger partial charge in [0.05, 0.1) is 30.1 Å². The molecular formula is C47H56N10O5. The van der Waals surface area contributed by atoms with Crippen molar-refractivity contribution >= 4 is 35.0 Å². The van der Waals surface area contributed by atoms with Crippen LogP contribution in [0.4, 0.5) is 5.82 Å². The van der Waals surface area contributed by atoms with E-state index < -0.39 is 6.04 Å². The number of pyridine rings is 2. The van der Waals surface area contributed by atoms with Crippen LogP contribution in [0.25, 0.3) is 16.6 Å². The van der Waals surface area contributed by atoms with E-state index in [-0.39, 0.29) is 35.5 Å². The molecule has 5 aliphatic rings. The Bertz CT molecular complexity index is 2380. The van der Waals surface area contributed by atoms with Gasteiger partial charge >= 0.3 is 0 Å². The third-order valence-corrected chi connectivity index (χ3v) is 14.0. The Morgan fingerprint density at radius 2 is 1.73 bits per heavy atom. The summed E-state index contributed by atoms with van der Waals surface area (Å²) in [6.07, 6.45) is 10.5. The number of aromatic nitrogens is 3. The second kappa shape index (κ2) is 17.5. The number of imide groups is 1. The molecule has 1 aromatic carbocycles. The molecule has 1 atom stereocenters. The number of carbonyl (C=O) groups is 4. The van der Waals surface area contributed by atoms with Gasteiger partial charge in [-0.3, -0.25) is 29.4 Å². The van der Waals surface area contributed by atoms with E-state index in [0.29, 0.717) is 48.8 Å². The molecule has 0 spiro atoms. The number of piperazine rings is 1. The summed E-state index contributed by atoms with van der Waals surface area (Å²) in [5.74, 6) is 1.44. The number of hydrogen-bond acceptors (Lipinski definition) is 11. The third kappa shape index (κ3) is 8.50. The number of anilines is 1. The average molecular weight is 841 g/mol. The molecule has 1 N–H and O–H groups in total.